The summed E-state index contributed by atoms with van der Waals surface area (Å²) < 4.78 is 5.50. The number of nitrogens with one attached hydrogen (secondary N) is 1. The minimum Gasteiger partial charge on any atom is -0.493 e. The average Bonchev–Trinajstić information content (AvgIpc) is 2.85. The van der Waals surface area contributed by atoms with Crippen LogP contribution < -0.4 is 10.1 Å². The highest BCUT2D eigenvalue weighted by molar-refractivity contribution is 5.75. The number of nitrogens with zero attached hydrogens (tertiary/aromatic N) is 1. The van der Waals surface area contributed by atoms with Crippen LogP contribution in [-0.2, 0) is 11.2 Å². The Balaban J connectivity index is 1.86. The minimum absolute atomic E-state index is 0.155. The molecule has 1 amide bonds. The Bertz CT molecular complexity index is 457. The fourth-order valence-electron chi connectivity index (χ4n) is 2.21. The predicted octanol–water partition coefficient (Wildman–Crippen LogP) is 1.75. The standard InChI is InChI=1S/C15H22N2O2/c1-11(16-8-6-15(18)17(2)3)12-4-5-14-13(10-12)7-9-19-14/h4-5,10-11,16H,6-9H2,1-3H3. The van der Waals surface area contributed by atoms with Crippen molar-refractivity contribution in [1.82, 2.24) is 10.2 Å². The van der Waals surface area contributed by atoms with E-state index < -0.39 is 0 Å². The molecule has 1 unspecified atom stereocenters. The van der Waals surface area contributed by atoms with E-state index in [1.165, 1.54) is 11.1 Å². The van der Waals surface area contributed by atoms with Crippen LogP contribution in [0.5, 0.6) is 5.75 Å². The molecule has 1 heterocycles. The second-order valence-electron chi connectivity index (χ2n) is 5.18. The van der Waals surface area contributed by atoms with Gasteiger partial charge < -0.3 is 15.0 Å². The molecule has 104 valence electrons. The van der Waals surface area contributed by atoms with Crippen molar-refractivity contribution in [1.29, 1.82) is 0 Å². The molecule has 0 aromatic heterocycles. The van der Waals surface area contributed by atoms with E-state index in [0.717, 1.165) is 18.8 Å². The molecule has 1 N–H and O–H groups in total. The van der Waals surface area contributed by atoms with Crippen LogP contribution in [0, 0.1) is 0 Å². The summed E-state index contributed by atoms with van der Waals surface area (Å²) in [7, 11) is 3.57. The SMILES string of the molecule is CC(NCCC(=O)N(C)C)c1ccc2c(c1)CCO2. The molecule has 4 heteroatoms. The monoisotopic (exact) mass is 262 g/mol. The summed E-state index contributed by atoms with van der Waals surface area (Å²) in [6, 6.07) is 6.59. The van der Waals surface area contributed by atoms with Gasteiger partial charge in [0.2, 0.25) is 5.91 Å². The first kappa shape index (κ1) is 13.9. The van der Waals surface area contributed by atoms with Crippen LogP contribution in [0.2, 0.25) is 0 Å². The second kappa shape index (κ2) is 6.06. The molecule has 0 fully saturated rings. The zero-order chi connectivity index (χ0) is 13.8. The molecule has 4 nitrogen and oxygen atoms in total. The van der Waals surface area contributed by atoms with Crippen LogP contribution >= 0.6 is 0 Å². The largest absolute Gasteiger partial charge is 0.493 e. The maximum absolute atomic E-state index is 11.5. The molecule has 0 bridgehead atoms. The molecule has 1 aliphatic rings. The van der Waals surface area contributed by atoms with Crippen molar-refractivity contribution in [2.45, 2.75) is 25.8 Å². The van der Waals surface area contributed by atoms with Crippen molar-refractivity contribution in [3.05, 3.63) is 29.3 Å². The van der Waals surface area contributed by atoms with Crippen molar-refractivity contribution < 1.29 is 9.53 Å². The van der Waals surface area contributed by atoms with Gasteiger partial charge in [-0.2, -0.15) is 0 Å². The van der Waals surface area contributed by atoms with Crippen molar-refractivity contribution in [3.8, 4) is 5.75 Å². The third-order valence-electron chi connectivity index (χ3n) is 3.50. The third kappa shape index (κ3) is 3.47. The number of fused-ring (bicyclic) bond motifs is 1. The topological polar surface area (TPSA) is 41.6 Å². The van der Waals surface area contributed by atoms with Crippen molar-refractivity contribution in [2.24, 2.45) is 0 Å². The predicted molar refractivity (Wildman–Crippen MR) is 75.4 cm³/mol. The smallest absolute Gasteiger partial charge is 0.223 e. The lowest BCUT2D eigenvalue weighted by Crippen LogP contribution is -2.28. The summed E-state index contributed by atoms with van der Waals surface area (Å²) in [6.07, 6.45) is 1.53. The molecule has 0 spiro atoms. The van der Waals surface area contributed by atoms with Gasteiger partial charge in [-0.1, -0.05) is 12.1 Å². The molecule has 1 aromatic carbocycles. The summed E-state index contributed by atoms with van der Waals surface area (Å²) in [5.41, 5.74) is 2.54. The lowest BCUT2D eigenvalue weighted by molar-refractivity contribution is -0.128. The number of amides is 1. The number of benzene rings is 1. The number of rotatable bonds is 5. The zero-order valence-electron chi connectivity index (χ0n) is 11.9. The molecule has 19 heavy (non-hydrogen) atoms. The minimum atomic E-state index is 0.155. The second-order valence-corrected chi connectivity index (χ2v) is 5.18. The zero-order valence-corrected chi connectivity index (χ0v) is 11.9. The van der Waals surface area contributed by atoms with E-state index >= 15 is 0 Å². The number of carbonyl (C=O) groups excluding carboxylic acids is 1. The van der Waals surface area contributed by atoms with E-state index in [1.807, 2.05) is 6.07 Å². The molecule has 0 radical (unpaired) electrons. The van der Waals surface area contributed by atoms with E-state index in [4.69, 9.17) is 4.74 Å². The van der Waals surface area contributed by atoms with E-state index in [9.17, 15) is 4.79 Å². The van der Waals surface area contributed by atoms with E-state index in [0.29, 0.717) is 13.0 Å². The summed E-state index contributed by atoms with van der Waals surface area (Å²) >= 11 is 0. The summed E-state index contributed by atoms with van der Waals surface area (Å²) in [5, 5.41) is 3.39. The van der Waals surface area contributed by atoms with Gasteiger partial charge in [0.1, 0.15) is 5.75 Å². The van der Waals surface area contributed by atoms with E-state index in [2.05, 4.69) is 24.4 Å². The van der Waals surface area contributed by atoms with Crippen LogP contribution in [0.4, 0.5) is 0 Å². The Labute approximate surface area is 114 Å². The van der Waals surface area contributed by atoms with Gasteiger partial charge in [-0.3, -0.25) is 4.79 Å². The lowest BCUT2D eigenvalue weighted by atomic mass is 10.0. The normalized spacial score (nSPS) is 14.7. The highest BCUT2D eigenvalue weighted by Gasteiger charge is 2.14. The number of hydrogen-bond donors (Lipinski definition) is 1. The summed E-state index contributed by atoms with van der Waals surface area (Å²) in [4.78, 5) is 13.1. The quantitative estimate of drug-likeness (QED) is 0.879. The van der Waals surface area contributed by atoms with Crippen LogP contribution in [0.25, 0.3) is 0 Å². The lowest BCUT2D eigenvalue weighted by Gasteiger charge is -2.16. The van der Waals surface area contributed by atoms with Gasteiger partial charge in [0.05, 0.1) is 6.61 Å². The Morgan fingerprint density at radius 2 is 2.26 bits per heavy atom. The maximum Gasteiger partial charge on any atom is 0.223 e. The molecule has 2 rings (SSSR count). The first-order valence-electron chi connectivity index (χ1n) is 6.77. The van der Waals surface area contributed by atoms with Crippen LogP contribution in [-0.4, -0.2) is 38.1 Å². The molecule has 0 saturated heterocycles. The number of ether oxygens (including phenoxy) is 1. The highest BCUT2D eigenvalue weighted by atomic mass is 16.5. The molecule has 0 aliphatic carbocycles. The fraction of sp³-hybridized carbons (Fsp3) is 0.533. The Morgan fingerprint density at radius 3 is 3.00 bits per heavy atom. The summed E-state index contributed by atoms with van der Waals surface area (Å²) in [6.45, 7) is 3.61. The fourth-order valence-corrected chi connectivity index (χ4v) is 2.21. The number of hydrogen-bond acceptors (Lipinski definition) is 3. The average molecular weight is 262 g/mol. The van der Waals surface area contributed by atoms with Crippen LogP contribution in [0.3, 0.4) is 0 Å². The molecular formula is C15H22N2O2. The number of carbonyl (C=O) groups is 1. The Kier molecular flexibility index (Phi) is 4.43. The first-order chi connectivity index (χ1) is 9.08. The Morgan fingerprint density at radius 1 is 1.47 bits per heavy atom. The Hall–Kier alpha value is -1.55. The van der Waals surface area contributed by atoms with Crippen LogP contribution in [0.15, 0.2) is 18.2 Å². The highest BCUT2D eigenvalue weighted by Crippen LogP contribution is 2.27. The van der Waals surface area contributed by atoms with Crippen molar-refractivity contribution >= 4 is 5.91 Å². The maximum atomic E-state index is 11.5. The van der Waals surface area contributed by atoms with Crippen molar-refractivity contribution in [2.75, 3.05) is 27.2 Å². The summed E-state index contributed by atoms with van der Waals surface area (Å²) in [5.74, 6) is 1.17. The molecular weight excluding hydrogens is 240 g/mol. The van der Waals surface area contributed by atoms with Gasteiger partial charge in [0.15, 0.2) is 0 Å². The first-order valence-corrected chi connectivity index (χ1v) is 6.77. The third-order valence-corrected chi connectivity index (χ3v) is 3.50. The van der Waals surface area contributed by atoms with E-state index in [1.54, 1.807) is 19.0 Å². The van der Waals surface area contributed by atoms with Gasteiger partial charge in [-0.05, 0) is 24.1 Å². The van der Waals surface area contributed by atoms with Crippen molar-refractivity contribution in [3.63, 3.8) is 0 Å². The molecule has 1 aromatic rings. The van der Waals surface area contributed by atoms with Gasteiger partial charge >= 0.3 is 0 Å². The van der Waals surface area contributed by atoms with Crippen LogP contribution in [0.1, 0.15) is 30.5 Å². The van der Waals surface area contributed by atoms with Gasteiger partial charge in [-0.15, -0.1) is 0 Å². The van der Waals surface area contributed by atoms with E-state index in [-0.39, 0.29) is 11.9 Å². The van der Waals surface area contributed by atoms with Gasteiger partial charge in [0, 0.05) is 39.5 Å². The van der Waals surface area contributed by atoms with Gasteiger partial charge in [-0.25, -0.2) is 0 Å². The molecule has 0 saturated carbocycles. The molecule has 1 aliphatic heterocycles. The molecule has 1 atom stereocenters. The van der Waals surface area contributed by atoms with Gasteiger partial charge in [0.25, 0.3) is 0 Å².